The normalized spacial score (nSPS) is 12.2. The zero-order valence-electron chi connectivity index (χ0n) is 8.93. The maximum absolute atomic E-state index is 11.2. The first-order valence-corrected chi connectivity index (χ1v) is 4.90. The predicted molar refractivity (Wildman–Crippen MR) is 55.3 cm³/mol. The van der Waals surface area contributed by atoms with Gasteiger partial charge in [0, 0.05) is 18.3 Å². The lowest BCUT2D eigenvalue weighted by molar-refractivity contribution is -0.152. The average molecular weight is 209 g/mol. The maximum Gasteiger partial charge on any atom is 0.335 e. The number of hydrogen-bond acceptors (Lipinski definition) is 4. The number of aromatic nitrogens is 1. The van der Waals surface area contributed by atoms with Gasteiger partial charge in [0.25, 0.3) is 0 Å². The summed E-state index contributed by atoms with van der Waals surface area (Å²) in [5.41, 5.74) is 1.68. The fraction of sp³-hybridized carbons (Fsp3) is 0.455. The largest absolute Gasteiger partial charge is 0.464 e. The van der Waals surface area contributed by atoms with E-state index in [1.807, 2.05) is 19.1 Å². The second kappa shape index (κ2) is 5.46. The Morgan fingerprint density at radius 1 is 1.67 bits per heavy atom. The van der Waals surface area contributed by atoms with Gasteiger partial charge in [0.2, 0.25) is 0 Å². The van der Waals surface area contributed by atoms with Gasteiger partial charge in [-0.1, -0.05) is 6.07 Å². The monoisotopic (exact) mass is 209 g/mol. The van der Waals surface area contributed by atoms with Crippen molar-refractivity contribution < 1.29 is 14.6 Å². The Bertz CT molecular complexity index is 338. The highest BCUT2D eigenvalue weighted by atomic mass is 16.5. The van der Waals surface area contributed by atoms with Crippen LogP contribution in [-0.4, -0.2) is 28.8 Å². The van der Waals surface area contributed by atoms with Gasteiger partial charge < -0.3 is 9.84 Å². The number of pyridine rings is 1. The van der Waals surface area contributed by atoms with Gasteiger partial charge in [0.05, 0.1) is 6.61 Å². The zero-order valence-corrected chi connectivity index (χ0v) is 8.93. The minimum absolute atomic E-state index is 0.200. The van der Waals surface area contributed by atoms with Crippen LogP contribution in [0.25, 0.3) is 0 Å². The average Bonchev–Trinajstić information content (AvgIpc) is 2.21. The fourth-order valence-corrected chi connectivity index (χ4v) is 1.24. The SMILES string of the molecule is CCOC(=O)C(O)Cc1ncccc1C. The van der Waals surface area contributed by atoms with Crippen molar-refractivity contribution in [2.75, 3.05) is 6.61 Å². The molecule has 1 rings (SSSR count). The molecule has 0 radical (unpaired) electrons. The number of nitrogens with zero attached hydrogens (tertiary/aromatic N) is 1. The quantitative estimate of drug-likeness (QED) is 0.747. The number of aliphatic hydroxyl groups is 1. The summed E-state index contributed by atoms with van der Waals surface area (Å²) >= 11 is 0. The summed E-state index contributed by atoms with van der Waals surface area (Å²) in [4.78, 5) is 15.3. The number of carbonyl (C=O) groups excluding carboxylic acids is 1. The number of ether oxygens (including phenoxy) is 1. The fourth-order valence-electron chi connectivity index (χ4n) is 1.24. The molecular formula is C11H15NO3. The minimum atomic E-state index is -1.13. The van der Waals surface area contributed by atoms with Crippen LogP contribution in [0.15, 0.2) is 18.3 Å². The van der Waals surface area contributed by atoms with Crippen LogP contribution in [0.1, 0.15) is 18.2 Å². The maximum atomic E-state index is 11.2. The third-order valence-corrected chi connectivity index (χ3v) is 2.06. The molecule has 0 spiro atoms. The van der Waals surface area contributed by atoms with Crippen LogP contribution in [0.4, 0.5) is 0 Å². The summed E-state index contributed by atoms with van der Waals surface area (Å²) in [5.74, 6) is -0.595. The van der Waals surface area contributed by atoms with Crippen LogP contribution in [0.2, 0.25) is 0 Å². The van der Waals surface area contributed by atoms with E-state index >= 15 is 0 Å². The summed E-state index contributed by atoms with van der Waals surface area (Å²) in [6.45, 7) is 3.87. The van der Waals surface area contributed by atoms with E-state index in [1.165, 1.54) is 0 Å². The van der Waals surface area contributed by atoms with Crippen molar-refractivity contribution in [2.45, 2.75) is 26.4 Å². The van der Waals surface area contributed by atoms with Crippen LogP contribution in [0.5, 0.6) is 0 Å². The predicted octanol–water partition coefficient (Wildman–Crippen LogP) is 0.857. The molecule has 0 aliphatic rings. The molecule has 0 saturated heterocycles. The first kappa shape index (κ1) is 11.7. The summed E-state index contributed by atoms with van der Waals surface area (Å²) in [7, 11) is 0. The van der Waals surface area contributed by atoms with Gasteiger partial charge in [-0.25, -0.2) is 4.79 Å². The number of rotatable bonds is 4. The smallest absolute Gasteiger partial charge is 0.335 e. The van der Waals surface area contributed by atoms with Crippen molar-refractivity contribution in [3.8, 4) is 0 Å². The van der Waals surface area contributed by atoms with E-state index in [9.17, 15) is 9.90 Å². The molecule has 1 atom stereocenters. The van der Waals surface area contributed by atoms with Crippen LogP contribution >= 0.6 is 0 Å². The summed E-state index contributed by atoms with van der Waals surface area (Å²) < 4.78 is 4.70. The van der Waals surface area contributed by atoms with Crippen molar-refractivity contribution >= 4 is 5.97 Å². The van der Waals surface area contributed by atoms with Crippen molar-refractivity contribution in [2.24, 2.45) is 0 Å². The number of hydrogen-bond donors (Lipinski definition) is 1. The second-order valence-corrected chi connectivity index (χ2v) is 3.24. The molecule has 0 fully saturated rings. The van der Waals surface area contributed by atoms with Gasteiger partial charge in [0.1, 0.15) is 0 Å². The summed E-state index contributed by atoms with van der Waals surface area (Å²) in [6, 6.07) is 3.70. The Morgan fingerprint density at radius 2 is 2.40 bits per heavy atom. The highest BCUT2D eigenvalue weighted by molar-refractivity contribution is 5.74. The Morgan fingerprint density at radius 3 is 3.00 bits per heavy atom. The Kier molecular flexibility index (Phi) is 4.24. The molecule has 1 unspecified atom stereocenters. The lowest BCUT2D eigenvalue weighted by Gasteiger charge is -2.10. The molecule has 1 N–H and O–H groups in total. The lowest BCUT2D eigenvalue weighted by atomic mass is 10.1. The molecule has 1 aromatic rings. The van der Waals surface area contributed by atoms with E-state index in [0.717, 1.165) is 11.3 Å². The van der Waals surface area contributed by atoms with Crippen LogP contribution < -0.4 is 0 Å². The lowest BCUT2D eigenvalue weighted by Crippen LogP contribution is -2.26. The topological polar surface area (TPSA) is 59.4 Å². The van der Waals surface area contributed by atoms with Gasteiger partial charge in [-0.2, -0.15) is 0 Å². The van der Waals surface area contributed by atoms with Crippen LogP contribution in [0, 0.1) is 6.92 Å². The first-order valence-electron chi connectivity index (χ1n) is 4.90. The molecule has 1 aromatic heterocycles. The van der Waals surface area contributed by atoms with E-state index in [1.54, 1.807) is 13.1 Å². The molecule has 4 nitrogen and oxygen atoms in total. The summed E-state index contributed by atoms with van der Waals surface area (Å²) in [5, 5.41) is 9.51. The molecule has 82 valence electrons. The highest BCUT2D eigenvalue weighted by Gasteiger charge is 2.17. The molecule has 4 heteroatoms. The molecule has 0 amide bonds. The molecule has 1 heterocycles. The van der Waals surface area contributed by atoms with Crippen molar-refractivity contribution in [3.05, 3.63) is 29.6 Å². The van der Waals surface area contributed by atoms with E-state index in [2.05, 4.69) is 4.98 Å². The van der Waals surface area contributed by atoms with Gasteiger partial charge in [-0.15, -0.1) is 0 Å². The van der Waals surface area contributed by atoms with E-state index in [0.29, 0.717) is 0 Å². The van der Waals surface area contributed by atoms with E-state index in [-0.39, 0.29) is 13.0 Å². The molecular weight excluding hydrogens is 194 g/mol. The highest BCUT2D eigenvalue weighted by Crippen LogP contribution is 2.07. The minimum Gasteiger partial charge on any atom is -0.464 e. The number of aryl methyl sites for hydroxylation is 1. The molecule has 0 bridgehead atoms. The van der Waals surface area contributed by atoms with Crippen molar-refractivity contribution in [3.63, 3.8) is 0 Å². The van der Waals surface area contributed by atoms with Crippen molar-refractivity contribution in [1.29, 1.82) is 0 Å². The van der Waals surface area contributed by atoms with Crippen molar-refractivity contribution in [1.82, 2.24) is 4.98 Å². The standard InChI is InChI=1S/C11H15NO3/c1-3-15-11(14)10(13)7-9-8(2)5-4-6-12-9/h4-6,10,13H,3,7H2,1-2H3. The Labute approximate surface area is 88.9 Å². The summed E-state index contributed by atoms with van der Waals surface area (Å²) in [6.07, 6.45) is 0.713. The number of carbonyl (C=O) groups is 1. The van der Waals surface area contributed by atoms with Gasteiger partial charge >= 0.3 is 5.97 Å². The van der Waals surface area contributed by atoms with E-state index < -0.39 is 12.1 Å². The third-order valence-electron chi connectivity index (χ3n) is 2.06. The first-order chi connectivity index (χ1) is 7.15. The molecule has 0 aliphatic carbocycles. The zero-order chi connectivity index (χ0) is 11.3. The second-order valence-electron chi connectivity index (χ2n) is 3.24. The molecule has 15 heavy (non-hydrogen) atoms. The van der Waals surface area contributed by atoms with Gasteiger partial charge in [0.15, 0.2) is 6.10 Å². The van der Waals surface area contributed by atoms with Crippen LogP contribution in [-0.2, 0) is 16.0 Å². The number of aliphatic hydroxyl groups excluding tert-OH is 1. The molecule has 0 aliphatic heterocycles. The Hall–Kier alpha value is -1.42. The third kappa shape index (κ3) is 3.32. The Balaban J connectivity index is 2.62. The van der Waals surface area contributed by atoms with Gasteiger partial charge in [-0.3, -0.25) is 4.98 Å². The van der Waals surface area contributed by atoms with E-state index in [4.69, 9.17) is 4.74 Å². The van der Waals surface area contributed by atoms with Crippen LogP contribution in [0.3, 0.4) is 0 Å². The van der Waals surface area contributed by atoms with Gasteiger partial charge in [-0.05, 0) is 25.5 Å². The number of esters is 1. The molecule has 0 saturated carbocycles. The molecule has 0 aromatic carbocycles.